The summed E-state index contributed by atoms with van der Waals surface area (Å²) in [6.07, 6.45) is 1.05. The van der Waals surface area contributed by atoms with Gasteiger partial charge in [-0.3, -0.25) is 4.79 Å². The monoisotopic (exact) mass is 371 g/mol. The van der Waals surface area contributed by atoms with E-state index in [0.717, 1.165) is 6.42 Å². The molecule has 27 heavy (non-hydrogen) atoms. The van der Waals surface area contributed by atoms with Gasteiger partial charge in [-0.15, -0.1) is 0 Å². The zero-order valence-electron chi connectivity index (χ0n) is 16.1. The summed E-state index contributed by atoms with van der Waals surface area (Å²) in [5.41, 5.74) is 2.01. The molecule has 0 bridgehead atoms. The zero-order chi connectivity index (χ0) is 19.8. The lowest BCUT2D eigenvalue weighted by molar-refractivity contribution is -0.119. The largest absolute Gasteiger partial charge is 0.496 e. The molecule has 0 aliphatic carbocycles. The Balaban J connectivity index is 1.97. The van der Waals surface area contributed by atoms with Crippen LogP contribution in [0.2, 0.25) is 0 Å². The molecule has 0 saturated carbocycles. The second kappa shape index (κ2) is 9.62. The van der Waals surface area contributed by atoms with Gasteiger partial charge in [0, 0.05) is 5.69 Å². The van der Waals surface area contributed by atoms with Crippen molar-refractivity contribution in [2.24, 2.45) is 0 Å². The summed E-state index contributed by atoms with van der Waals surface area (Å²) in [5, 5.41) is 2.71. The lowest BCUT2D eigenvalue weighted by Gasteiger charge is -2.13. The summed E-state index contributed by atoms with van der Waals surface area (Å²) in [6.45, 7) is 3.87. The molecular formula is C21H25NO5. The maximum Gasteiger partial charge on any atom is 0.346 e. The highest BCUT2D eigenvalue weighted by Crippen LogP contribution is 2.28. The first-order valence-corrected chi connectivity index (χ1v) is 8.78. The second-order valence-electron chi connectivity index (χ2n) is 6.09. The molecule has 1 amide bonds. The van der Waals surface area contributed by atoms with Crippen LogP contribution in [0.25, 0.3) is 0 Å². The molecule has 1 atom stereocenters. The third kappa shape index (κ3) is 5.23. The van der Waals surface area contributed by atoms with Crippen molar-refractivity contribution in [3.8, 4) is 11.5 Å². The summed E-state index contributed by atoms with van der Waals surface area (Å²) in [6, 6.07) is 12.6. The fourth-order valence-electron chi connectivity index (χ4n) is 2.58. The lowest BCUT2D eigenvalue weighted by atomic mass is 9.99. The molecule has 0 aliphatic rings. The van der Waals surface area contributed by atoms with E-state index in [2.05, 4.69) is 19.2 Å². The number of ether oxygens (including phenoxy) is 3. The van der Waals surface area contributed by atoms with E-state index in [1.54, 1.807) is 18.2 Å². The Morgan fingerprint density at radius 2 is 1.59 bits per heavy atom. The third-order valence-electron chi connectivity index (χ3n) is 4.34. The fraction of sp³-hybridized carbons (Fsp3) is 0.333. The van der Waals surface area contributed by atoms with Crippen molar-refractivity contribution in [3.05, 3.63) is 53.6 Å². The van der Waals surface area contributed by atoms with Crippen LogP contribution < -0.4 is 14.8 Å². The molecule has 0 radical (unpaired) electrons. The Bertz CT molecular complexity index is 763. The minimum atomic E-state index is -0.688. The van der Waals surface area contributed by atoms with Gasteiger partial charge in [0.2, 0.25) is 0 Å². The van der Waals surface area contributed by atoms with Crippen molar-refractivity contribution in [1.82, 2.24) is 0 Å². The van der Waals surface area contributed by atoms with Crippen LogP contribution in [-0.2, 0) is 9.53 Å². The highest BCUT2D eigenvalue weighted by Gasteiger charge is 2.20. The number of hydrogen-bond acceptors (Lipinski definition) is 5. The number of carbonyl (C=O) groups is 2. The molecule has 2 aromatic rings. The van der Waals surface area contributed by atoms with Gasteiger partial charge >= 0.3 is 5.97 Å². The van der Waals surface area contributed by atoms with Gasteiger partial charge in [-0.2, -0.15) is 0 Å². The van der Waals surface area contributed by atoms with Crippen LogP contribution in [0.4, 0.5) is 5.69 Å². The molecule has 1 N–H and O–H groups in total. The van der Waals surface area contributed by atoms with Crippen molar-refractivity contribution >= 4 is 17.6 Å². The molecule has 144 valence electrons. The number of anilines is 1. The van der Waals surface area contributed by atoms with Crippen molar-refractivity contribution in [3.63, 3.8) is 0 Å². The van der Waals surface area contributed by atoms with Crippen molar-refractivity contribution in [2.45, 2.75) is 26.2 Å². The third-order valence-corrected chi connectivity index (χ3v) is 4.34. The Morgan fingerprint density at radius 1 is 1.00 bits per heavy atom. The average Bonchev–Trinajstić information content (AvgIpc) is 2.71. The van der Waals surface area contributed by atoms with Crippen LogP contribution in [0.3, 0.4) is 0 Å². The maximum atomic E-state index is 12.4. The Kier molecular flexibility index (Phi) is 7.23. The number of carbonyl (C=O) groups excluding carboxylic acids is 2. The Hall–Kier alpha value is -3.02. The van der Waals surface area contributed by atoms with Crippen molar-refractivity contribution in [2.75, 3.05) is 26.1 Å². The molecular weight excluding hydrogens is 346 g/mol. The molecule has 0 aliphatic heterocycles. The standard InChI is InChI=1S/C21H25NO5/c1-5-14(2)15-9-11-16(12-10-15)22-19(23)13-27-21(24)20-17(25-3)7-6-8-18(20)26-4/h6-12,14H,5,13H2,1-4H3,(H,22,23). The number of rotatable bonds is 8. The van der Waals surface area contributed by atoms with Crippen LogP contribution in [0.15, 0.2) is 42.5 Å². The van der Waals surface area contributed by atoms with E-state index in [4.69, 9.17) is 14.2 Å². The summed E-state index contributed by atoms with van der Waals surface area (Å²) in [4.78, 5) is 24.4. The first-order valence-electron chi connectivity index (χ1n) is 8.78. The summed E-state index contributed by atoms with van der Waals surface area (Å²) < 4.78 is 15.5. The van der Waals surface area contributed by atoms with Gasteiger partial charge in [0.05, 0.1) is 14.2 Å². The van der Waals surface area contributed by atoms with Crippen LogP contribution in [-0.4, -0.2) is 32.7 Å². The normalized spacial score (nSPS) is 11.4. The molecule has 6 nitrogen and oxygen atoms in total. The van der Waals surface area contributed by atoms with E-state index in [1.807, 2.05) is 24.3 Å². The van der Waals surface area contributed by atoms with Crippen LogP contribution >= 0.6 is 0 Å². The Morgan fingerprint density at radius 3 is 2.11 bits per heavy atom. The van der Waals surface area contributed by atoms with Gasteiger partial charge in [-0.1, -0.05) is 32.0 Å². The van der Waals surface area contributed by atoms with E-state index < -0.39 is 18.5 Å². The quantitative estimate of drug-likeness (QED) is 0.710. The summed E-state index contributed by atoms with van der Waals surface area (Å²) in [5.74, 6) is -0.00704. The van der Waals surface area contributed by atoms with Crippen LogP contribution in [0.1, 0.15) is 42.1 Å². The molecule has 6 heteroatoms. The van der Waals surface area contributed by atoms with Gasteiger partial charge in [0.15, 0.2) is 6.61 Å². The molecule has 0 aromatic heterocycles. The summed E-state index contributed by atoms with van der Waals surface area (Å²) >= 11 is 0. The van der Waals surface area contributed by atoms with E-state index >= 15 is 0 Å². The minimum Gasteiger partial charge on any atom is -0.496 e. The molecule has 2 aromatic carbocycles. The number of methoxy groups -OCH3 is 2. The highest BCUT2D eigenvalue weighted by molar-refractivity contribution is 5.98. The van der Waals surface area contributed by atoms with Gasteiger partial charge in [-0.05, 0) is 42.2 Å². The first-order chi connectivity index (χ1) is 13.0. The number of amides is 1. The average molecular weight is 371 g/mol. The van der Waals surface area contributed by atoms with Gasteiger partial charge in [0.25, 0.3) is 5.91 Å². The van der Waals surface area contributed by atoms with Gasteiger partial charge in [-0.25, -0.2) is 4.79 Å². The predicted molar refractivity (Wildman–Crippen MR) is 104 cm³/mol. The number of benzene rings is 2. The molecule has 0 saturated heterocycles. The number of hydrogen-bond donors (Lipinski definition) is 1. The molecule has 1 unspecified atom stereocenters. The van der Waals surface area contributed by atoms with E-state index in [-0.39, 0.29) is 5.56 Å². The van der Waals surface area contributed by atoms with Crippen molar-refractivity contribution < 1.29 is 23.8 Å². The second-order valence-corrected chi connectivity index (χ2v) is 6.09. The smallest absolute Gasteiger partial charge is 0.346 e. The zero-order valence-corrected chi connectivity index (χ0v) is 16.1. The van der Waals surface area contributed by atoms with E-state index in [9.17, 15) is 9.59 Å². The summed E-state index contributed by atoms with van der Waals surface area (Å²) in [7, 11) is 2.89. The topological polar surface area (TPSA) is 73.9 Å². The van der Waals surface area contributed by atoms with E-state index in [1.165, 1.54) is 19.8 Å². The SMILES string of the molecule is CCC(C)c1ccc(NC(=O)COC(=O)c2c(OC)cccc2OC)cc1. The van der Waals surface area contributed by atoms with E-state index in [0.29, 0.717) is 23.1 Å². The lowest BCUT2D eigenvalue weighted by Crippen LogP contribution is -2.21. The fourth-order valence-corrected chi connectivity index (χ4v) is 2.58. The Labute approximate surface area is 159 Å². The van der Waals surface area contributed by atoms with Gasteiger partial charge < -0.3 is 19.5 Å². The van der Waals surface area contributed by atoms with Gasteiger partial charge in [0.1, 0.15) is 17.1 Å². The predicted octanol–water partition coefficient (Wildman–Crippen LogP) is 4.01. The van der Waals surface area contributed by atoms with Crippen LogP contribution in [0, 0.1) is 0 Å². The minimum absolute atomic E-state index is 0.146. The van der Waals surface area contributed by atoms with Crippen molar-refractivity contribution in [1.29, 1.82) is 0 Å². The molecule has 2 rings (SSSR count). The maximum absolute atomic E-state index is 12.4. The molecule has 0 heterocycles. The molecule has 0 spiro atoms. The molecule has 0 fully saturated rings. The first kappa shape index (κ1) is 20.3. The van der Waals surface area contributed by atoms with Crippen LogP contribution in [0.5, 0.6) is 11.5 Å². The highest BCUT2D eigenvalue weighted by atomic mass is 16.5. The number of esters is 1. The number of nitrogens with one attached hydrogen (secondary N) is 1.